The molecule has 4 nitrogen and oxygen atoms in total. The van der Waals surface area contributed by atoms with E-state index >= 15 is 0 Å². The third-order valence-electron chi connectivity index (χ3n) is 5.73. The summed E-state index contributed by atoms with van der Waals surface area (Å²) in [5.41, 5.74) is 3.99. The molecule has 0 saturated carbocycles. The zero-order valence-electron chi connectivity index (χ0n) is 17.7. The molecule has 0 radical (unpaired) electrons. The molecule has 1 fully saturated rings. The number of carbonyl (C=O) groups is 1. The van der Waals surface area contributed by atoms with E-state index in [4.69, 9.17) is 9.47 Å². The Bertz CT molecular complexity index is 863. The van der Waals surface area contributed by atoms with Crippen molar-refractivity contribution in [3.05, 3.63) is 65.2 Å². The molecule has 1 heterocycles. The number of rotatable bonds is 6. The SMILES string of the molecule is CC(C)(C)OC(=O)CCN1CC2(Cc3ccc(OCc4ccccc4)cc3C2)C1. The summed E-state index contributed by atoms with van der Waals surface area (Å²) in [5, 5.41) is 0. The van der Waals surface area contributed by atoms with Gasteiger partial charge in [-0.15, -0.1) is 0 Å². The number of hydrogen-bond donors (Lipinski definition) is 0. The topological polar surface area (TPSA) is 38.8 Å². The van der Waals surface area contributed by atoms with Crippen LogP contribution in [0.1, 0.15) is 43.9 Å². The van der Waals surface area contributed by atoms with Gasteiger partial charge >= 0.3 is 5.97 Å². The van der Waals surface area contributed by atoms with Gasteiger partial charge in [-0.05, 0) is 62.4 Å². The second-order valence-corrected chi connectivity index (χ2v) is 9.61. The lowest BCUT2D eigenvalue weighted by Gasteiger charge is -2.48. The normalized spacial score (nSPS) is 17.6. The van der Waals surface area contributed by atoms with Gasteiger partial charge in [0.05, 0.1) is 6.42 Å². The second-order valence-electron chi connectivity index (χ2n) is 9.61. The third kappa shape index (κ3) is 4.99. The molecule has 1 saturated heterocycles. The average Bonchev–Trinajstić information content (AvgIpc) is 3.02. The highest BCUT2D eigenvalue weighted by molar-refractivity contribution is 5.70. The first kappa shape index (κ1) is 20.0. The summed E-state index contributed by atoms with van der Waals surface area (Å²) in [4.78, 5) is 14.3. The first-order valence-electron chi connectivity index (χ1n) is 10.5. The van der Waals surface area contributed by atoms with E-state index in [1.807, 2.05) is 39.0 Å². The highest BCUT2D eigenvalue weighted by Crippen LogP contribution is 2.44. The molecular formula is C25H31NO3. The summed E-state index contributed by atoms with van der Waals surface area (Å²) in [6.07, 6.45) is 2.70. The van der Waals surface area contributed by atoms with Crippen molar-refractivity contribution < 1.29 is 14.3 Å². The minimum absolute atomic E-state index is 0.103. The van der Waals surface area contributed by atoms with E-state index in [9.17, 15) is 4.79 Å². The van der Waals surface area contributed by atoms with Gasteiger partial charge in [-0.1, -0.05) is 36.4 Å². The van der Waals surface area contributed by atoms with Crippen LogP contribution in [-0.2, 0) is 29.0 Å². The Morgan fingerprint density at radius 2 is 1.76 bits per heavy atom. The molecule has 4 rings (SSSR count). The van der Waals surface area contributed by atoms with Crippen LogP contribution in [0.5, 0.6) is 5.75 Å². The van der Waals surface area contributed by atoms with Crippen LogP contribution in [0, 0.1) is 5.41 Å². The molecule has 0 bridgehead atoms. The van der Waals surface area contributed by atoms with E-state index in [2.05, 4.69) is 35.2 Å². The van der Waals surface area contributed by atoms with E-state index in [0.29, 0.717) is 18.4 Å². The Balaban J connectivity index is 1.26. The summed E-state index contributed by atoms with van der Waals surface area (Å²) in [6.45, 7) is 9.25. The summed E-state index contributed by atoms with van der Waals surface area (Å²) < 4.78 is 11.4. The number of hydrogen-bond acceptors (Lipinski definition) is 4. The standard InChI is InChI=1S/C25H31NO3/c1-24(2,3)29-23(27)11-12-26-17-25(18-26)14-20-9-10-22(13-21(20)15-25)28-16-19-7-5-4-6-8-19/h4-10,13H,11-12,14-18H2,1-3H3. The summed E-state index contributed by atoms with van der Waals surface area (Å²) >= 11 is 0. The molecule has 154 valence electrons. The Hall–Kier alpha value is -2.33. The number of fused-ring (bicyclic) bond motifs is 1. The Kier molecular flexibility index (Phi) is 5.39. The summed E-state index contributed by atoms with van der Waals surface area (Å²) in [5.74, 6) is 0.846. The van der Waals surface area contributed by atoms with E-state index in [1.54, 1.807) is 0 Å². The van der Waals surface area contributed by atoms with Crippen molar-refractivity contribution >= 4 is 5.97 Å². The molecule has 1 aliphatic heterocycles. The van der Waals surface area contributed by atoms with Crippen LogP contribution in [0.2, 0.25) is 0 Å². The fourth-order valence-corrected chi connectivity index (χ4v) is 4.57. The lowest BCUT2D eigenvalue weighted by molar-refractivity contribution is -0.155. The minimum Gasteiger partial charge on any atom is -0.489 e. The fraction of sp³-hybridized carbons (Fsp3) is 0.480. The van der Waals surface area contributed by atoms with Crippen molar-refractivity contribution in [3.63, 3.8) is 0 Å². The Morgan fingerprint density at radius 3 is 2.48 bits per heavy atom. The van der Waals surface area contributed by atoms with Gasteiger partial charge in [0.25, 0.3) is 0 Å². The highest BCUT2D eigenvalue weighted by atomic mass is 16.6. The smallest absolute Gasteiger partial charge is 0.307 e. The van der Waals surface area contributed by atoms with Crippen LogP contribution in [-0.4, -0.2) is 36.1 Å². The van der Waals surface area contributed by atoms with Crippen molar-refractivity contribution in [1.82, 2.24) is 4.90 Å². The van der Waals surface area contributed by atoms with Gasteiger partial charge in [-0.2, -0.15) is 0 Å². The maximum Gasteiger partial charge on any atom is 0.307 e. The van der Waals surface area contributed by atoms with Crippen molar-refractivity contribution in [2.45, 2.75) is 52.2 Å². The molecular weight excluding hydrogens is 362 g/mol. The number of benzene rings is 2. The summed E-state index contributed by atoms with van der Waals surface area (Å²) in [7, 11) is 0. The van der Waals surface area contributed by atoms with Gasteiger partial charge < -0.3 is 14.4 Å². The van der Waals surface area contributed by atoms with E-state index < -0.39 is 5.60 Å². The van der Waals surface area contributed by atoms with Gasteiger partial charge in [-0.25, -0.2) is 0 Å². The van der Waals surface area contributed by atoms with Crippen molar-refractivity contribution in [3.8, 4) is 5.75 Å². The molecule has 0 aromatic heterocycles. The molecule has 1 spiro atoms. The van der Waals surface area contributed by atoms with Crippen LogP contribution in [0.3, 0.4) is 0 Å². The maximum absolute atomic E-state index is 11.9. The lowest BCUT2D eigenvalue weighted by Crippen LogP contribution is -2.57. The molecule has 0 unspecified atom stereocenters. The molecule has 4 heteroatoms. The molecule has 2 aromatic rings. The second kappa shape index (κ2) is 7.83. The van der Waals surface area contributed by atoms with Gasteiger partial charge in [0.15, 0.2) is 0 Å². The largest absolute Gasteiger partial charge is 0.489 e. The monoisotopic (exact) mass is 393 g/mol. The van der Waals surface area contributed by atoms with Crippen LogP contribution in [0.15, 0.2) is 48.5 Å². The van der Waals surface area contributed by atoms with Crippen molar-refractivity contribution in [1.29, 1.82) is 0 Å². The third-order valence-corrected chi connectivity index (χ3v) is 5.73. The van der Waals surface area contributed by atoms with E-state index in [-0.39, 0.29) is 5.97 Å². The van der Waals surface area contributed by atoms with Gasteiger partial charge in [0.1, 0.15) is 18.0 Å². The van der Waals surface area contributed by atoms with Crippen LogP contribution in [0.4, 0.5) is 0 Å². The molecule has 0 N–H and O–H groups in total. The highest BCUT2D eigenvalue weighted by Gasteiger charge is 2.46. The number of nitrogens with zero attached hydrogens (tertiary/aromatic N) is 1. The number of likely N-dealkylation sites (tertiary alicyclic amines) is 1. The number of esters is 1. The first-order valence-corrected chi connectivity index (χ1v) is 10.5. The molecule has 0 atom stereocenters. The zero-order valence-corrected chi connectivity index (χ0v) is 17.7. The predicted octanol–water partition coefficient (Wildman–Crippen LogP) is 4.40. The number of ether oxygens (including phenoxy) is 2. The number of carbonyl (C=O) groups excluding carboxylic acids is 1. The molecule has 2 aliphatic rings. The predicted molar refractivity (Wildman–Crippen MR) is 114 cm³/mol. The molecule has 2 aromatic carbocycles. The van der Waals surface area contributed by atoms with Gasteiger partial charge in [0.2, 0.25) is 0 Å². The van der Waals surface area contributed by atoms with Crippen molar-refractivity contribution in [2.75, 3.05) is 19.6 Å². The Morgan fingerprint density at radius 1 is 1.03 bits per heavy atom. The van der Waals surface area contributed by atoms with E-state index in [0.717, 1.165) is 38.2 Å². The fourth-order valence-electron chi connectivity index (χ4n) is 4.57. The van der Waals surface area contributed by atoms with Crippen LogP contribution >= 0.6 is 0 Å². The van der Waals surface area contributed by atoms with Gasteiger partial charge in [-0.3, -0.25) is 4.79 Å². The van der Waals surface area contributed by atoms with Crippen LogP contribution < -0.4 is 4.74 Å². The molecule has 0 amide bonds. The van der Waals surface area contributed by atoms with Gasteiger partial charge in [0, 0.05) is 25.0 Å². The minimum atomic E-state index is -0.402. The molecule has 29 heavy (non-hydrogen) atoms. The summed E-state index contributed by atoms with van der Waals surface area (Å²) in [6, 6.07) is 16.8. The maximum atomic E-state index is 11.9. The molecule has 1 aliphatic carbocycles. The van der Waals surface area contributed by atoms with Crippen molar-refractivity contribution in [2.24, 2.45) is 5.41 Å². The average molecular weight is 394 g/mol. The quantitative estimate of drug-likeness (QED) is 0.682. The Labute approximate surface area is 173 Å². The van der Waals surface area contributed by atoms with E-state index in [1.165, 1.54) is 16.7 Å². The first-order chi connectivity index (χ1) is 13.8. The lowest BCUT2D eigenvalue weighted by atomic mass is 9.77. The zero-order chi connectivity index (χ0) is 20.5. The van der Waals surface area contributed by atoms with Crippen LogP contribution in [0.25, 0.3) is 0 Å².